The summed E-state index contributed by atoms with van der Waals surface area (Å²) in [5, 5.41) is 3.72. The van der Waals surface area contributed by atoms with Gasteiger partial charge in [-0.15, -0.1) is 0 Å². The molecule has 17 heavy (non-hydrogen) atoms. The van der Waals surface area contributed by atoms with Crippen molar-refractivity contribution in [1.29, 1.82) is 0 Å². The van der Waals surface area contributed by atoms with Crippen LogP contribution in [0.15, 0.2) is 24.3 Å². The van der Waals surface area contributed by atoms with Gasteiger partial charge in [0, 0.05) is 12.1 Å². The number of hydrogen-bond acceptors (Lipinski definition) is 1. The molecule has 2 fully saturated rings. The summed E-state index contributed by atoms with van der Waals surface area (Å²) in [6.45, 7) is 5.70. The second-order valence-corrected chi connectivity index (χ2v) is 6.37. The minimum Gasteiger partial charge on any atom is -0.307 e. The molecule has 0 saturated heterocycles. The summed E-state index contributed by atoms with van der Waals surface area (Å²) in [7, 11) is 0. The molecule has 3 rings (SSSR count). The van der Waals surface area contributed by atoms with Crippen molar-refractivity contribution in [1.82, 2.24) is 5.32 Å². The van der Waals surface area contributed by atoms with Gasteiger partial charge in [0.1, 0.15) is 0 Å². The highest BCUT2D eigenvalue weighted by molar-refractivity contribution is 5.29. The molecule has 1 N–H and O–H groups in total. The van der Waals surface area contributed by atoms with E-state index in [0.29, 0.717) is 5.54 Å². The maximum absolute atomic E-state index is 3.72. The Balaban J connectivity index is 1.62. The van der Waals surface area contributed by atoms with Gasteiger partial charge in [-0.1, -0.05) is 24.3 Å². The van der Waals surface area contributed by atoms with Gasteiger partial charge in [0.15, 0.2) is 0 Å². The summed E-state index contributed by atoms with van der Waals surface area (Å²) in [5.41, 5.74) is 3.31. The largest absolute Gasteiger partial charge is 0.307 e. The van der Waals surface area contributed by atoms with Crippen molar-refractivity contribution in [2.24, 2.45) is 5.92 Å². The Bertz CT molecular complexity index is 400. The first-order valence-corrected chi connectivity index (χ1v) is 6.99. The third kappa shape index (κ3) is 2.71. The molecular weight excluding hydrogens is 206 g/mol. The fourth-order valence-corrected chi connectivity index (χ4v) is 2.65. The third-order valence-electron chi connectivity index (χ3n) is 4.35. The van der Waals surface area contributed by atoms with Gasteiger partial charge < -0.3 is 5.32 Å². The van der Waals surface area contributed by atoms with Gasteiger partial charge in [-0.3, -0.25) is 0 Å². The first-order valence-electron chi connectivity index (χ1n) is 6.99. The van der Waals surface area contributed by atoms with Crippen LogP contribution in [-0.4, -0.2) is 5.54 Å². The Hall–Kier alpha value is -0.820. The quantitative estimate of drug-likeness (QED) is 0.809. The maximum Gasteiger partial charge on any atom is 0.0210 e. The summed E-state index contributed by atoms with van der Waals surface area (Å²) in [6, 6.07) is 9.15. The zero-order valence-electron chi connectivity index (χ0n) is 11.0. The molecule has 1 nitrogen and oxygen atoms in total. The molecule has 1 aromatic carbocycles. The van der Waals surface area contributed by atoms with Gasteiger partial charge >= 0.3 is 0 Å². The fraction of sp³-hybridized carbons (Fsp3) is 0.625. The van der Waals surface area contributed by atoms with Crippen molar-refractivity contribution in [3.8, 4) is 0 Å². The van der Waals surface area contributed by atoms with Crippen LogP contribution in [0.4, 0.5) is 0 Å². The van der Waals surface area contributed by atoms with Gasteiger partial charge in [0.25, 0.3) is 0 Å². The molecule has 0 atom stereocenters. The summed E-state index contributed by atoms with van der Waals surface area (Å²) in [4.78, 5) is 0. The molecule has 0 unspecified atom stereocenters. The standard InChI is InChI=1S/C16H23N/c1-16(2,15-8-9-15)17-11-12-4-3-5-14(10-12)13-6-7-13/h3-5,10,13,15,17H,6-9,11H2,1-2H3. The van der Waals surface area contributed by atoms with Crippen molar-refractivity contribution >= 4 is 0 Å². The number of hydrogen-bond donors (Lipinski definition) is 1. The zero-order chi connectivity index (χ0) is 11.9. The normalized spacial score (nSPS) is 20.6. The Morgan fingerprint density at radius 3 is 2.59 bits per heavy atom. The minimum absolute atomic E-state index is 0.315. The molecule has 0 radical (unpaired) electrons. The van der Waals surface area contributed by atoms with Crippen LogP contribution in [0.3, 0.4) is 0 Å². The van der Waals surface area contributed by atoms with Crippen molar-refractivity contribution in [2.75, 3.05) is 0 Å². The van der Waals surface area contributed by atoms with E-state index in [1.165, 1.54) is 31.2 Å². The lowest BCUT2D eigenvalue weighted by molar-refractivity contribution is 0.339. The molecule has 0 aliphatic heterocycles. The van der Waals surface area contributed by atoms with Crippen molar-refractivity contribution in [3.05, 3.63) is 35.4 Å². The highest BCUT2D eigenvalue weighted by Crippen LogP contribution is 2.41. The molecule has 2 saturated carbocycles. The van der Waals surface area contributed by atoms with Crippen LogP contribution in [0.1, 0.15) is 56.6 Å². The van der Waals surface area contributed by atoms with E-state index in [-0.39, 0.29) is 0 Å². The van der Waals surface area contributed by atoms with Crippen LogP contribution in [0.2, 0.25) is 0 Å². The van der Waals surface area contributed by atoms with Crippen molar-refractivity contribution in [2.45, 2.75) is 57.5 Å². The van der Waals surface area contributed by atoms with E-state index < -0.39 is 0 Å². The van der Waals surface area contributed by atoms with Crippen LogP contribution < -0.4 is 5.32 Å². The molecule has 0 aromatic heterocycles. The third-order valence-corrected chi connectivity index (χ3v) is 4.35. The number of benzene rings is 1. The first-order chi connectivity index (χ1) is 8.15. The number of nitrogens with one attached hydrogen (secondary N) is 1. The van der Waals surface area contributed by atoms with E-state index >= 15 is 0 Å². The van der Waals surface area contributed by atoms with Gasteiger partial charge in [-0.2, -0.15) is 0 Å². The lowest BCUT2D eigenvalue weighted by Crippen LogP contribution is -2.40. The first kappa shape index (κ1) is 11.3. The van der Waals surface area contributed by atoms with E-state index in [2.05, 4.69) is 43.4 Å². The molecule has 0 bridgehead atoms. The second-order valence-electron chi connectivity index (χ2n) is 6.37. The summed E-state index contributed by atoms with van der Waals surface area (Å²) >= 11 is 0. The topological polar surface area (TPSA) is 12.0 Å². The SMILES string of the molecule is CC(C)(NCc1cccc(C2CC2)c1)C1CC1. The van der Waals surface area contributed by atoms with Crippen molar-refractivity contribution in [3.63, 3.8) is 0 Å². The molecule has 0 spiro atoms. The minimum atomic E-state index is 0.315. The zero-order valence-corrected chi connectivity index (χ0v) is 11.0. The Labute approximate surface area is 105 Å². The molecule has 2 aliphatic carbocycles. The second kappa shape index (κ2) is 4.13. The van der Waals surface area contributed by atoms with Crippen LogP contribution in [0, 0.1) is 5.92 Å². The molecule has 0 amide bonds. The van der Waals surface area contributed by atoms with Gasteiger partial charge in [0.05, 0.1) is 0 Å². The highest BCUT2D eigenvalue weighted by Gasteiger charge is 2.37. The van der Waals surface area contributed by atoms with E-state index in [4.69, 9.17) is 0 Å². The molecule has 92 valence electrons. The van der Waals surface area contributed by atoms with Crippen LogP contribution in [-0.2, 0) is 6.54 Å². The monoisotopic (exact) mass is 229 g/mol. The molecule has 1 aromatic rings. The van der Waals surface area contributed by atoms with E-state index in [9.17, 15) is 0 Å². The lowest BCUT2D eigenvalue weighted by Gasteiger charge is -2.26. The van der Waals surface area contributed by atoms with Crippen LogP contribution in [0.5, 0.6) is 0 Å². The Morgan fingerprint density at radius 1 is 1.18 bits per heavy atom. The lowest BCUT2D eigenvalue weighted by atomic mass is 9.98. The predicted molar refractivity (Wildman–Crippen MR) is 72.1 cm³/mol. The van der Waals surface area contributed by atoms with Crippen LogP contribution in [0.25, 0.3) is 0 Å². The highest BCUT2D eigenvalue weighted by atomic mass is 15.0. The van der Waals surface area contributed by atoms with Gasteiger partial charge in [-0.05, 0) is 62.5 Å². The van der Waals surface area contributed by atoms with Crippen LogP contribution >= 0.6 is 0 Å². The maximum atomic E-state index is 3.72. The average Bonchev–Trinajstić information content (AvgIpc) is 3.20. The molecule has 2 aliphatic rings. The average molecular weight is 229 g/mol. The van der Waals surface area contributed by atoms with Gasteiger partial charge in [0.2, 0.25) is 0 Å². The molecule has 0 heterocycles. The number of rotatable bonds is 5. The van der Waals surface area contributed by atoms with E-state index in [0.717, 1.165) is 18.4 Å². The van der Waals surface area contributed by atoms with E-state index in [1.54, 1.807) is 5.56 Å². The predicted octanol–water partition coefficient (Wildman–Crippen LogP) is 3.84. The molecular formula is C16H23N. The molecule has 1 heteroatoms. The van der Waals surface area contributed by atoms with Gasteiger partial charge in [-0.25, -0.2) is 0 Å². The summed E-state index contributed by atoms with van der Waals surface area (Å²) in [5.74, 6) is 1.76. The smallest absolute Gasteiger partial charge is 0.0210 e. The Morgan fingerprint density at radius 2 is 1.94 bits per heavy atom. The summed E-state index contributed by atoms with van der Waals surface area (Å²) < 4.78 is 0. The fourth-order valence-electron chi connectivity index (χ4n) is 2.65. The summed E-state index contributed by atoms with van der Waals surface area (Å²) in [6.07, 6.45) is 5.60. The van der Waals surface area contributed by atoms with Crippen molar-refractivity contribution < 1.29 is 0 Å². The Kier molecular flexibility index (Phi) is 2.74. The van der Waals surface area contributed by atoms with E-state index in [1.807, 2.05) is 0 Å².